The molecule has 186 valence electrons. The van der Waals surface area contributed by atoms with Gasteiger partial charge in [-0.25, -0.2) is 4.98 Å². The van der Waals surface area contributed by atoms with Crippen LogP contribution in [-0.2, 0) is 11.2 Å². The Balaban J connectivity index is 1.80. The highest BCUT2D eigenvalue weighted by molar-refractivity contribution is 5.79. The summed E-state index contributed by atoms with van der Waals surface area (Å²) in [5.74, 6) is 0.917. The zero-order chi connectivity index (χ0) is 25.8. The third kappa shape index (κ3) is 5.40. The maximum absolute atomic E-state index is 13.8. The molecule has 5 heteroatoms. The molecule has 1 aromatic heterocycles. The second kappa shape index (κ2) is 10.9. The number of rotatable bonds is 8. The molecule has 0 aliphatic carbocycles. The second-order valence-electron chi connectivity index (χ2n) is 10.00. The number of aryl methyl sites for hydroxylation is 3. The molecule has 0 saturated carbocycles. The predicted octanol–water partition coefficient (Wildman–Crippen LogP) is 6.18. The lowest BCUT2D eigenvalue weighted by molar-refractivity contribution is -0.134. The van der Waals surface area contributed by atoms with Crippen molar-refractivity contribution in [3.05, 3.63) is 106 Å². The molecule has 1 unspecified atom stereocenters. The number of benzene rings is 3. The standard InChI is InChI=1S/C31H35N3O2/c1-21(2)20-33(29(35)18-16-25-11-7-6-8-12-25)24(5)30-32-28-14-10-9-13-27(28)31(36)34(30)26-17-15-22(3)23(4)19-26/h6-15,17,19,21,24H,16,18,20H2,1-5H3. The summed E-state index contributed by atoms with van der Waals surface area (Å²) < 4.78 is 1.69. The van der Waals surface area contributed by atoms with E-state index in [1.165, 1.54) is 0 Å². The normalized spacial score (nSPS) is 12.2. The molecule has 0 saturated heterocycles. The van der Waals surface area contributed by atoms with Gasteiger partial charge in [-0.05, 0) is 74.1 Å². The van der Waals surface area contributed by atoms with Crippen molar-refractivity contribution in [1.82, 2.24) is 14.5 Å². The second-order valence-corrected chi connectivity index (χ2v) is 10.00. The van der Waals surface area contributed by atoms with E-state index in [-0.39, 0.29) is 23.4 Å². The average Bonchev–Trinajstić information content (AvgIpc) is 2.87. The van der Waals surface area contributed by atoms with Crippen LogP contribution in [0.2, 0.25) is 0 Å². The summed E-state index contributed by atoms with van der Waals surface area (Å²) in [7, 11) is 0. The van der Waals surface area contributed by atoms with Crippen LogP contribution in [0.1, 0.15) is 55.7 Å². The van der Waals surface area contributed by atoms with Crippen molar-refractivity contribution in [3.8, 4) is 5.69 Å². The maximum Gasteiger partial charge on any atom is 0.266 e. The van der Waals surface area contributed by atoms with Crippen molar-refractivity contribution in [2.24, 2.45) is 5.92 Å². The first-order valence-corrected chi connectivity index (χ1v) is 12.7. The van der Waals surface area contributed by atoms with Gasteiger partial charge >= 0.3 is 0 Å². The predicted molar refractivity (Wildman–Crippen MR) is 147 cm³/mol. The Morgan fingerprint density at radius 3 is 2.31 bits per heavy atom. The largest absolute Gasteiger partial charge is 0.333 e. The summed E-state index contributed by atoms with van der Waals surface area (Å²) in [6.07, 6.45) is 1.08. The van der Waals surface area contributed by atoms with Crippen LogP contribution in [0.4, 0.5) is 0 Å². The number of amides is 1. The van der Waals surface area contributed by atoms with Gasteiger partial charge in [-0.1, -0.05) is 62.4 Å². The molecule has 4 rings (SSSR count). The average molecular weight is 482 g/mol. The minimum Gasteiger partial charge on any atom is -0.333 e. The third-order valence-corrected chi connectivity index (χ3v) is 6.74. The van der Waals surface area contributed by atoms with Gasteiger partial charge in [0.15, 0.2) is 0 Å². The van der Waals surface area contributed by atoms with Gasteiger partial charge in [0.05, 0.1) is 22.6 Å². The molecule has 0 fully saturated rings. The highest BCUT2D eigenvalue weighted by atomic mass is 16.2. The zero-order valence-electron chi connectivity index (χ0n) is 21.9. The molecule has 1 atom stereocenters. The van der Waals surface area contributed by atoms with E-state index in [0.717, 1.165) is 22.4 Å². The van der Waals surface area contributed by atoms with Gasteiger partial charge in [0, 0.05) is 13.0 Å². The smallest absolute Gasteiger partial charge is 0.266 e. The Hall–Kier alpha value is -3.73. The lowest BCUT2D eigenvalue weighted by Gasteiger charge is -2.32. The fraction of sp³-hybridized carbons (Fsp3) is 0.323. The van der Waals surface area contributed by atoms with Crippen molar-refractivity contribution in [2.45, 2.75) is 53.5 Å². The number of fused-ring (bicyclic) bond motifs is 1. The molecular formula is C31H35N3O2. The number of nitrogens with zero attached hydrogens (tertiary/aromatic N) is 3. The third-order valence-electron chi connectivity index (χ3n) is 6.74. The fourth-order valence-electron chi connectivity index (χ4n) is 4.59. The van der Waals surface area contributed by atoms with Crippen LogP contribution in [0.3, 0.4) is 0 Å². The van der Waals surface area contributed by atoms with Crippen molar-refractivity contribution < 1.29 is 4.79 Å². The maximum atomic E-state index is 13.8. The first-order valence-electron chi connectivity index (χ1n) is 12.7. The minimum absolute atomic E-state index is 0.0640. The Labute approximate surface area is 213 Å². The molecule has 4 aromatic rings. The number of para-hydroxylation sites is 1. The summed E-state index contributed by atoms with van der Waals surface area (Å²) >= 11 is 0. The van der Waals surface area contributed by atoms with Crippen molar-refractivity contribution in [2.75, 3.05) is 6.54 Å². The Morgan fingerprint density at radius 1 is 0.917 bits per heavy atom. The van der Waals surface area contributed by atoms with Crippen LogP contribution in [-0.4, -0.2) is 26.9 Å². The van der Waals surface area contributed by atoms with Gasteiger partial charge in [0.25, 0.3) is 5.56 Å². The Kier molecular flexibility index (Phi) is 7.68. The molecule has 0 spiro atoms. The topological polar surface area (TPSA) is 55.2 Å². The molecule has 5 nitrogen and oxygen atoms in total. The van der Waals surface area contributed by atoms with Crippen LogP contribution >= 0.6 is 0 Å². The summed E-state index contributed by atoms with van der Waals surface area (Å²) in [4.78, 5) is 34.2. The van der Waals surface area contributed by atoms with Crippen molar-refractivity contribution >= 4 is 16.8 Å². The number of aromatic nitrogens is 2. The first kappa shape index (κ1) is 25.4. The SMILES string of the molecule is Cc1ccc(-n2c(C(C)N(CC(C)C)C(=O)CCc3ccccc3)nc3ccccc3c2=O)cc1C. The van der Waals surface area contributed by atoms with Gasteiger partial charge < -0.3 is 4.90 Å². The first-order chi connectivity index (χ1) is 17.3. The van der Waals surface area contributed by atoms with E-state index in [2.05, 4.69) is 20.8 Å². The van der Waals surface area contributed by atoms with Gasteiger partial charge in [-0.2, -0.15) is 0 Å². The molecule has 0 radical (unpaired) electrons. The highest BCUT2D eigenvalue weighted by Crippen LogP contribution is 2.25. The van der Waals surface area contributed by atoms with Gasteiger partial charge in [0.1, 0.15) is 5.82 Å². The minimum atomic E-state index is -0.380. The highest BCUT2D eigenvalue weighted by Gasteiger charge is 2.27. The summed E-state index contributed by atoms with van der Waals surface area (Å²) in [5, 5.41) is 0.567. The van der Waals surface area contributed by atoms with Crippen molar-refractivity contribution in [3.63, 3.8) is 0 Å². The molecule has 1 amide bonds. The Bertz CT molecular complexity index is 1420. The van der Waals surface area contributed by atoms with Gasteiger partial charge in [-0.3, -0.25) is 14.2 Å². The molecule has 0 N–H and O–H groups in total. The summed E-state index contributed by atoms with van der Waals surface area (Å²) in [6.45, 7) is 10.9. The van der Waals surface area contributed by atoms with Crippen LogP contribution in [0.15, 0.2) is 77.6 Å². The monoisotopic (exact) mass is 481 g/mol. The van der Waals surface area contributed by atoms with E-state index in [1.54, 1.807) is 4.57 Å². The lowest BCUT2D eigenvalue weighted by atomic mass is 10.1. The molecule has 0 aliphatic heterocycles. The molecule has 3 aromatic carbocycles. The molecule has 36 heavy (non-hydrogen) atoms. The molecule has 0 aliphatic rings. The number of hydrogen-bond donors (Lipinski definition) is 0. The van der Waals surface area contributed by atoms with E-state index in [1.807, 2.05) is 91.5 Å². The van der Waals surface area contributed by atoms with E-state index < -0.39 is 0 Å². The van der Waals surface area contributed by atoms with Crippen LogP contribution in [0.25, 0.3) is 16.6 Å². The van der Waals surface area contributed by atoms with E-state index in [9.17, 15) is 9.59 Å². The van der Waals surface area contributed by atoms with Crippen LogP contribution < -0.4 is 5.56 Å². The Morgan fingerprint density at radius 2 is 1.61 bits per heavy atom. The number of carbonyl (C=O) groups excluding carboxylic acids is 1. The number of hydrogen-bond acceptors (Lipinski definition) is 3. The number of carbonyl (C=O) groups is 1. The summed E-state index contributed by atoms with van der Waals surface area (Å²) in [5.41, 5.74) is 4.69. The van der Waals surface area contributed by atoms with Crippen molar-refractivity contribution in [1.29, 1.82) is 0 Å². The lowest BCUT2D eigenvalue weighted by Crippen LogP contribution is -2.39. The zero-order valence-corrected chi connectivity index (χ0v) is 21.9. The van der Waals surface area contributed by atoms with Crippen LogP contribution in [0.5, 0.6) is 0 Å². The fourth-order valence-corrected chi connectivity index (χ4v) is 4.59. The summed E-state index contributed by atoms with van der Waals surface area (Å²) in [6, 6.07) is 23.1. The van der Waals surface area contributed by atoms with E-state index >= 15 is 0 Å². The molecule has 1 heterocycles. The van der Waals surface area contributed by atoms with Gasteiger partial charge in [0.2, 0.25) is 5.91 Å². The molecule has 0 bridgehead atoms. The van der Waals surface area contributed by atoms with Gasteiger partial charge in [-0.15, -0.1) is 0 Å². The molecular weight excluding hydrogens is 446 g/mol. The quantitative estimate of drug-likeness (QED) is 0.302. The van der Waals surface area contributed by atoms with Crippen LogP contribution in [0, 0.1) is 19.8 Å². The van der Waals surface area contributed by atoms with E-state index in [4.69, 9.17) is 4.98 Å². The van der Waals surface area contributed by atoms with E-state index in [0.29, 0.717) is 36.1 Å².